The molecular formula is C21H25N5OS. The molecule has 2 heterocycles. The highest BCUT2D eigenvalue weighted by atomic mass is 32.1. The Hall–Kier alpha value is -2.93. The summed E-state index contributed by atoms with van der Waals surface area (Å²) in [5, 5.41) is 7.63. The summed E-state index contributed by atoms with van der Waals surface area (Å²) in [6.45, 7) is 6.60. The van der Waals surface area contributed by atoms with Crippen LogP contribution < -0.4 is 15.4 Å². The quantitative estimate of drug-likeness (QED) is 0.450. The summed E-state index contributed by atoms with van der Waals surface area (Å²) in [7, 11) is 0. The Morgan fingerprint density at radius 2 is 1.96 bits per heavy atom. The van der Waals surface area contributed by atoms with Crippen molar-refractivity contribution in [3.05, 3.63) is 75.9 Å². The van der Waals surface area contributed by atoms with Crippen molar-refractivity contribution in [1.29, 1.82) is 0 Å². The molecule has 0 saturated heterocycles. The van der Waals surface area contributed by atoms with Gasteiger partial charge in [-0.05, 0) is 31.0 Å². The largest absolute Gasteiger partial charge is 0.473 e. The van der Waals surface area contributed by atoms with Gasteiger partial charge in [0.1, 0.15) is 11.6 Å². The second-order valence-corrected chi connectivity index (χ2v) is 7.51. The van der Waals surface area contributed by atoms with Crippen LogP contribution in [0.3, 0.4) is 0 Å². The Bertz CT molecular complexity index is 895. The molecule has 0 radical (unpaired) electrons. The summed E-state index contributed by atoms with van der Waals surface area (Å²) in [5.74, 6) is 1.37. The first-order chi connectivity index (χ1) is 13.7. The average molecular weight is 396 g/mol. The second kappa shape index (κ2) is 10.4. The zero-order valence-electron chi connectivity index (χ0n) is 16.2. The number of hydrogen-bond acceptors (Lipinski definition) is 5. The fourth-order valence-electron chi connectivity index (χ4n) is 2.51. The van der Waals surface area contributed by atoms with E-state index in [-0.39, 0.29) is 0 Å². The van der Waals surface area contributed by atoms with E-state index < -0.39 is 0 Å². The van der Waals surface area contributed by atoms with E-state index in [0.29, 0.717) is 25.6 Å². The maximum atomic E-state index is 5.80. The Morgan fingerprint density at radius 3 is 2.71 bits per heavy atom. The molecule has 0 aliphatic carbocycles. The Labute approximate surface area is 169 Å². The molecule has 0 aliphatic heterocycles. The molecule has 7 heteroatoms. The molecule has 0 bridgehead atoms. The fourth-order valence-corrected chi connectivity index (χ4v) is 3.24. The number of nitrogens with one attached hydrogen (secondary N) is 2. The van der Waals surface area contributed by atoms with Gasteiger partial charge >= 0.3 is 0 Å². The number of aliphatic imine (C=N–C) groups is 1. The van der Waals surface area contributed by atoms with E-state index in [1.807, 2.05) is 55.6 Å². The molecule has 1 aromatic carbocycles. The van der Waals surface area contributed by atoms with Gasteiger partial charge in [-0.25, -0.2) is 15.0 Å². The molecule has 2 aromatic heterocycles. The van der Waals surface area contributed by atoms with Gasteiger partial charge in [-0.2, -0.15) is 0 Å². The first-order valence-corrected chi connectivity index (χ1v) is 10.1. The lowest BCUT2D eigenvalue weighted by Crippen LogP contribution is -2.36. The predicted octanol–water partition coefficient (Wildman–Crippen LogP) is 3.68. The van der Waals surface area contributed by atoms with Crippen LogP contribution in [0.15, 0.2) is 59.9 Å². The summed E-state index contributed by atoms with van der Waals surface area (Å²) in [6, 6.07) is 13.9. The molecule has 0 amide bonds. The number of guanidine groups is 1. The van der Waals surface area contributed by atoms with Gasteiger partial charge < -0.3 is 15.4 Å². The third kappa shape index (κ3) is 6.35. The minimum Gasteiger partial charge on any atom is -0.473 e. The number of benzene rings is 1. The van der Waals surface area contributed by atoms with E-state index in [1.54, 1.807) is 17.5 Å². The molecule has 3 rings (SSSR count). The van der Waals surface area contributed by atoms with E-state index in [0.717, 1.165) is 28.6 Å². The van der Waals surface area contributed by atoms with Gasteiger partial charge in [0.15, 0.2) is 5.96 Å². The topological polar surface area (TPSA) is 71.4 Å². The number of aryl methyl sites for hydroxylation is 1. The smallest absolute Gasteiger partial charge is 0.213 e. The number of aromatic nitrogens is 2. The van der Waals surface area contributed by atoms with Crippen molar-refractivity contribution in [2.75, 3.05) is 6.54 Å². The number of nitrogens with zero attached hydrogens (tertiary/aromatic N) is 3. The summed E-state index contributed by atoms with van der Waals surface area (Å²) < 4.78 is 5.80. The lowest BCUT2D eigenvalue weighted by molar-refractivity contribution is 0.293. The highest BCUT2D eigenvalue weighted by Gasteiger charge is 2.03. The normalized spacial score (nSPS) is 11.3. The molecule has 28 heavy (non-hydrogen) atoms. The van der Waals surface area contributed by atoms with Gasteiger partial charge in [0.2, 0.25) is 5.88 Å². The van der Waals surface area contributed by atoms with Crippen LogP contribution in [0.5, 0.6) is 5.88 Å². The van der Waals surface area contributed by atoms with Crippen molar-refractivity contribution < 1.29 is 4.74 Å². The third-order valence-electron chi connectivity index (χ3n) is 3.87. The molecule has 0 atom stereocenters. The molecular weight excluding hydrogens is 370 g/mol. The first-order valence-electron chi connectivity index (χ1n) is 9.28. The number of rotatable bonds is 8. The van der Waals surface area contributed by atoms with Crippen LogP contribution in [0.2, 0.25) is 0 Å². The first kappa shape index (κ1) is 19.8. The van der Waals surface area contributed by atoms with Gasteiger partial charge in [-0.15, -0.1) is 11.3 Å². The van der Waals surface area contributed by atoms with E-state index in [1.165, 1.54) is 4.88 Å². The maximum Gasteiger partial charge on any atom is 0.213 e. The zero-order chi connectivity index (χ0) is 19.6. The Morgan fingerprint density at radius 1 is 1.11 bits per heavy atom. The molecule has 2 N–H and O–H groups in total. The summed E-state index contributed by atoms with van der Waals surface area (Å²) >= 11 is 1.69. The molecule has 0 aliphatic rings. The SMILES string of the molecule is CCNC(=NCc1ccnc(OCc2ccccc2)c1)NCc1ncc(C)s1. The number of thiazole rings is 1. The molecule has 0 fully saturated rings. The molecule has 6 nitrogen and oxygen atoms in total. The van der Waals surface area contributed by atoms with Crippen LogP contribution in [0, 0.1) is 6.92 Å². The highest BCUT2D eigenvalue weighted by Crippen LogP contribution is 2.13. The average Bonchev–Trinajstić information content (AvgIpc) is 3.15. The number of hydrogen-bond donors (Lipinski definition) is 2. The van der Waals surface area contributed by atoms with Crippen molar-refractivity contribution in [1.82, 2.24) is 20.6 Å². The van der Waals surface area contributed by atoms with Gasteiger partial charge in [0.25, 0.3) is 0 Å². The number of pyridine rings is 1. The van der Waals surface area contributed by atoms with Crippen molar-refractivity contribution in [2.24, 2.45) is 4.99 Å². The monoisotopic (exact) mass is 395 g/mol. The van der Waals surface area contributed by atoms with Gasteiger partial charge in [-0.1, -0.05) is 30.3 Å². The highest BCUT2D eigenvalue weighted by molar-refractivity contribution is 7.11. The van der Waals surface area contributed by atoms with Gasteiger partial charge in [0.05, 0.1) is 13.1 Å². The molecule has 3 aromatic rings. The third-order valence-corrected chi connectivity index (χ3v) is 4.78. The van der Waals surface area contributed by atoms with E-state index in [2.05, 4.69) is 32.5 Å². The van der Waals surface area contributed by atoms with Crippen molar-refractivity contribution in [3.8, 4) is 5.88 Å². The van der Waals surface area contributed by atoms with Crippen LogP contribution >= 0.6 is 11.3 Å². The Balaban J connectivity index is 1.57. The summed E-state index contributed by atoms with van der Waals surface area (Å²) in [5.41, 5.74) is 2.16. The minimum absolute atomic E-state index is 0.498. The molecule has 0 unspecified atom stereocenters. The van der Waals surface area contributed by atoms with Gasteiger partial charge in [0, 0.05) is 29.9 Å². The standard InChI is InChI=1S/C21H25N5OS/c1-3-22-21(26-14-20-24-12-16(2)28-20)25-13-18-9-10-23-19(11-18)27-15-17-7-5-4-6-8-17/h4-12H,3,13-15H2,1-2H3,(H2,22,25,26). The minimum atomic E-state index is 0.498. The van der Waals surface area contributed by atoms with Crippen molar-refractivity contribution in [3.63, 3.8) is 0 Å². The van der Waals surface area contributed by atoms with Crippen LogP contribution in [0.25, 0.3) is 0 Å². The Kier molecular flexibility index (Phi) is 7.37. The lowest BCUT2D eigenvalue weighted by Gasteiger charge is -2.10. The zero-order valence-corrected chi connectivity index (χ0v) is 17.0. The van der Waals surface area contributed by atoms with Crippen LogP contribution in [-0.4, -0.2) is 22.5 Å². The van der Waals surface area contributed by atoms with E-state index in [4.69, 9.17) is 4.74 Å². The van der Waals surface area contributed by atoms with Crippen molar-refractivity contribution >= 4 is 17.3 Å². The predicted molar refractivity (Wildman–Crippen MR) is 114 cm³/mol. The van der Waals surface area contributed by atoms with E-state index >= 15 is 0 Å². The lowest BCUT2D eigenvalue weighted by atomic mass is 10.2. The molecule has 0 spiro atoms. The summed E-state index contributed by atoms with van der Waals surface area (Å²) in [4.78, 5) is 14.5. The fraction of sp³-hybridized carbons (Fsp3) is 0.286. The summed E-state index contributed by atoms with van der Waals surface area (Å²) in [6.07, 6.45) is 3.64. The van der Waals surface area contributed by atoms with E-state index in [9.17, 15) is 0 Å². The second-order valence-electron chi connectivity index (χ2n) is 6.19. The van der Waals surface area contributed by atoms with Crippen molar-refractivity contribution in [2.45, 2.75) is 33.5 Å². The molecule has 146 valence electrons. The van der Waals surface area contributed by atoms with Crippen LogP contribution in [-0.2, 0) is 19.7 Å². The van der Waals surface area contributed by atoms with Crippen LogP contribution in [0.4, 0.5) is 0 Å². The van der Waals surface area contributed by atoms with Gasteiger partial charge in [-0.3, -0.25) is 0 Å². The maximum absolute atomic E-state index is 5.80. The molecule has 0 saturated carbocycles. The number of ether oxygens (including phenoxy) is 1. The van der Waals surface area contributed by atoms with Crippen LogP contribution in [0.1, 0.15) is 27.9 Å².